The van der Waals surface area contributed by atoms with Gasteiger partial charge in [-0.05, 0) is 48.2 Å². The van der Waals surface area contributed by atoms with Crippen LogP contribution in [0, 0.1) is 0 Å². The van der Waals surface area contributed by atoms with Crippen molar-refractivity contribution < 1.29 is 9.47 Å². The molecule has 1 aliphatic carbocycles. The molecule has 1 atom stereocenters. The van der Waals surface area contributed by atoms with Crippen LogP contribution in [0.2, 0.25) is 0 Å². The Morgan fingerprint density at radius 3 is 3.10 bits per heavy atom. The summed E-state index contributed by atoms with van der Waals surface area (Å²) in [6.45, 7) is 0.446. The van der Waals surface area contributed by atoms with Gasteiger partial charge in [-0.2, -0.15) is 0 Å². The van der Waals surface area contributed by atoms with Crippen molar-refractivity contribution in [3.63, 3.8) is 0 Å². The molecule has 1 aromatic heterocycles. The maximum absolute atomic E-state index is 6.03. The third-order valence-electron chi connectivity index (χ3n) is 3.68. The van der Waals surface area contributed by atoms with E-state index in [1.54, 1.807) is 13.3 Å². The summed E-state index contributed by atoms with van der Waals surface area (Å²) in [4.78, 5) is 4.16. The van der Waals surface area contributed by atoms with Gasteiger partial charge < -0.3 is 15.2 Å². The molecular formula is C16H18N2O2. The van der Waals surface area contributed by atoms with Crippen molar-refractivity contribution in [3.8, 4) is 11.6 Å². The van der Waals surface area contributed by atoms with Gasteiger partial charge in [0.15, 0.2) is 0 Å². The van der Waals surface area contributed by atoms with Crippen LogP contribution in [0.3, 0.4) is 0 Å². The fourth-order valence-electron chi connectivity index (χ4n) is 2.60. The van der Waals surface area contributed by atoms with E-state index in [0.29, 0.717) is 12.5 Å². The van der Waals surface area contributed by atoms with E-state index in [1.807, 2.05) is 18.2 Å². The summed E-state index contributed by atoms with van der Waals surface area (Å²) < 4.78 is 11.0. The summed E-state index contributed by atoms with van der Waals surface area (Å²) in [5.74, 6) is 1.47. The summed E-state index contributed by atoms with van der Waals surface area (Å²) >= 11 is 0. The van der Waals surface area contributed by atoms with Crippen molar-refractivity contribution in [2.75, 3.05) is 7.11 Å². The van der Waals surface area contributed by atoms with Gasteiger partial charge in [-0.1, -0.05) is 6.07 Å². The van der Waals surface area contributed by atoms with Gasteiger partial charge in [0.2, 0.25) is 5.88 Å². The zero-order valence-corrected chi connectivity index (χ0v) is 11.5. The van der Waals surface area contributed by atoms with E-state index in [9.17, 15) is 0 Å². The lowest BCUT2D eigenvalue weighted by Crippen LogP contribution is -2.05. The van der Waals surface area contributed by atoms with E-state index in [0.717, 1.165) is 24.2 Å². The first-order valence-corrected chi connectivity index (χ1v) is 6.77. The number of hydrogen-bond acceptors (Lipinski definition) is 4. The van der Waals surface area contributed by atoms with Gasteiger partial charge in [0.1, 0.15) is 12.4 Å². The molecule has 0 aliphatic heterocycles. The normalized spacial score (nSPS) is 16.8. The predicted molar refractivity (Wildman–Crippen MR) is 76.8 cm³/mol. The summed E-state index contributed by atoms with van der Waals surface area (Å²) in [6, 6.07) is 10.1. The van der Waals surface area contributed by atoms with E-state index in [1.165, 1.54) is 11.1 Å². The summed E-state index contributed by atoms with van der Waals surface area (Å²) in [7, 11) is 1.61. The van der Waals surface area contributed by atoms with Gasteiger partial charge in [-0.25, -0.2) is 4.98 Å². The van der Waals surface area contributed by atoms with Crippen LogP contribution in [0.15, 0.2) is 36.5 Å². The second-order valence-corrected chi connectivity index (χ2v) is 4.97. The van der Waals surface area contributed by atoms with Gasteiger partial charge in [-0.3, -0.25) is 0 Å². The molecule has 0 fully saturated rings. The number of methoxy groups -OCH3 is 1. The third kappa shape index (κ3) is 2.47. The second-order valence-electron chi connectivity index (χ2n) is 4.97. The molecule has 1 unspecified atom stereocenters. The van der Waals surface area contributed by atoms with Gasteiger partial charge in [0.25, 0.3) is 0 Å². The molecule has 0 amide bonds. The smallest absolute Gasteiger partial charge is 0.219 e. The Morgan fingerprint density at radius 1 is 1.35 bits per heavy atom. The van der Waals surface area contributed by atoms with Crippen LogP contribution in [-0.4, -0.2) is 12.1 Å². The van der Waals surface area contributed by atoms with Gasteiger partial charge in [0.05, 0.1) is 12.7 Å². The summed E-state index contributed by atoms with van der Waals surface area (Å²) in [6.07, 6.45) is 3.76. The van der Waals surface area contributed by atoms with E-state index in [2.05, 4.69) is 17.1 Å². The molecule has 2 N–H and O–H groups in total. The fraction of sp³-hybridized carbons (Fsp3) is 0.312. The second kappa shape index (κ2) is 5.51. The Morgan fingerprint density at radius 2 is 2.25 bits per heavy atom. The summed E-state index contributed by atoms with van der Waals surface area (Å²) in [5, 5.41) is 0. The molecule has 2 aromatic rings. The predicted octanol–water partition coefficient (Wildman–Crippen LogP) is 2.62. The van der Waals surface area contributed by atoms with Crippen molar-refractivity contribution in [2.24, 2.45) is 5.73 Å². The molecule has 0 radical (unpaired) electrons. The van der Waals surface area contributed by atoms with Crippen LogP contribution in [0.1, 0.15) is 29.2 Å². The minimum absolute atomic E-state index is 0.178. The number of fused-ring (bicyclic) bond motifs is 1. The monoisotopic (exact) mass is 270 g/mol. The van der Waals surface area contributed by atoms with Gasteiger partial charge in [-0.15, -0.1) is 0 Å². The Balaban J connectivity index is 1.73. The standard InChI is InChI=1S/C16H18N2O2/c1-19-16-12(3-2-8-18-16)10-20-13-5-6-14-11(9-13)4-7-15(14)17/h2-3,5-6,8-9,15H,4,7,10,17H2,1H3. The molecule has 104 valence electrons. The number of aryl methyl sites for hydroxylation is 1. The maximum Gasteiger partial charge on any atom is 0.219 e. The molecular weight excluding hydrogens is 252 g/mol. The molecule has 0 saturated heterocycles. The number of aromatic nitrogens is 1. The van der Waals surface area contributed by atoms with Gasteiger partial charge in [0, 0.05) is 12.2 Å². The first-order valence-electron chi connectivity index (χ1n) is 6.77. The Labute approximate surface area is 118 Å². The molecule has 0 saturated carbocycles. The Kier molecular flexibility index (Phi) is 3.56. The SMILES string of the molecule is COc1ncccc1COc1ccc2c(c1)CCC2N. The lowest BCUT2D eigenvalue weighted by Gasteiger charge is -2.11. The topological polar surface area (TPSA) is 57.4 Å². The zero-order chi connectivity index (χ0) is 13.9. The van der Waals surface area contributed by atoms with Crippen molar-refractivity contribution in [2.45, 2.75) is 25.5 Å². The minimum Gasteiger partial charge on any atom is -0.489 e. The van der Waals surface area contributed by atoms with Crippen molar-refractivity contribution in [1.82, 2.24) is 4.98 Å². The lowest BCUT2D eigenvalue weighted by atomic mass is 10.1. The first kappa shape index (κ1) is 12.9. The van der Waals surface area contributed by atoms with Crippen LogP contribution in [0.5, 0.6) is 11.6 Å². The first-order chi connectivity index (χ1) is 9.78. The Bertz CT molecular complexity index is 613. The number of pyridine rings is 1. The molecule has 4 heteroatoms. The lowest BCUT2D eigenvalue weighted by molar-refractivity contribution is 0.293. The van der Waals surface area contributed by atoms with Crippen molar-refractivity contribution in [3.05, 3.63) is 53.2 Å². The highest BCUT2D eigenvalue weighted by Gasteiger charge is 2.19. The third-order valence-corrected chi connectivity index (χ3v) is 3.68. The fourth-order valence-corrected chi connectivity index (χ4v) is 2.60. The number of hydrogen-bond donors (Lipinski definition) is 1. The van der Waals surface area contributed by atoms with Crippen LogP contribution >= 0.6 is 0 Å². The van der Waals surface area contributed by atoms with E-state index in [-0.39, 0.29) is 6.04 Å². The Hall–Kier alpha value is -2.07. The van der Waals surface area contributed by atoms with E-state index < -0.39 is 0 Å². The van der Waals surface area contributed by atoms with Crippen LogP contribution < -0.4 is 15.2 Å². The number of nitrogens with two attached hydrogens (primary N) is 1. The van der Waals surface area contributed by atoms with E-state index in [4.69, 9.17) is 15.2 Å². The van der Waals surface area contributed by atoms with Crippen LogP contribution in [-0.2, 0) is 13.0 Å². The molecule has 0 bridgehead atoms. The summed E-state index contributed by atoms with van der Waals surface area (Å²) in [5.41, 5.74) is 9.52. The molecule has 4 nitrogen and oxygen atoms in total. The zero-order valence-electron chi connectivity index (χ0n) is 11.5. The van der Waals surface area contributed by atoms with Crippen LogP contribution in [0.25, 0.3) is 0 Å². The highest BCUT2D eigenvalue weighted by atomic mass is 16.5. The maximum atomic E-state index is 6.03. The number of nitrogens with zero attached hydrogens (tertiary/aromatic N) is 1. The van der Waals surface area contributed by atoms with Crippen LogP contribution in [0.4, 0.5) is 0 Å². The molecule has 1 aliphatic rings. The van der Waals surface area contributed by atoms with Crippen molar-refractivity contribution in [1.29, 1.82) is 0 Å². The number of rotatable bonds is 4. The molecule has 20 heavy (non-hydrogen) atoms. The molecule has 3 rings (SSSR count). The van der Waals surface area contributed by atoms with Gasteiger partial charge >= 0.3 is 0 Å². The number of ether oxygens (including phenoxy) is 2. The van der Waals surface area contributed by atoms with Crippen molar-refractivity contribution >= 4 is 0 Å². The highest BCUT2D eigenvalue weighted by molar-refractivity contribution is 5.40. The average Bonchev–Trinajstić information content (AvgIpc) is 2.86. The molecule has 0 spiro atoms. The highest BCUT2D eigenvalue weighted by Crippen LogP contribution is 2.32. The van der Waals surface area contributed by atoms with E-state index >= 15 is 0 Å². The average molecular weight is 270 g/mol. The minimum atomic E-state index is 0.178. The molecule has 1 heterocycles. The largest absolute Gasteiger partial charge is 0.489 e. The number of benzene rings is 1. The quantitative estimate of drug-likeness (QED) is 0.927. The molecule has 1 aromatic carbocycles.